The molecule has 0 atom stereocenters. The van der Waals surface area contributed by atoms with E-state index < -0.39 is 0 Å². The molecule has 1 heterocycles. The second-order valence-corrected chi connectivity index (χ2v) is 3.34. The summed E-state index contributed by atoms with van der Waals surface area (Å²) in [6.45, 7) is 0. The summed E-state index contributed by atoms with van der Waals surface area (Å²) in [5.74, 6) is 0.595. The first-order valence-corrected chi connectivity index (χ1v) is 4.96. The molecule has 0 aliphatic carbocycles. The quantitative estimate of drug-likeness (QED) is 0.800. The maximum atomic E-state index is 4.10. The molecule has 0 unspecified atom stereocenters. The van der Waals surface area contributed by atoms with Crippen LogP contribution in [0.1, 0.15) is 0 Å². The maximum Gasteiger partial charge on any atom is 0.249 e. The molecule has 0 spiro atoms. The van der Waals surface area contributed by atoms with Crippen molar-refractivity contribution in [3.05, 3.63) is 36.7 Å². The SMILES string of the molecule is CNc1ccc(N=Nc2nccn2C)cc1. The van der Waals surface area contributed by atoms with Gasteiger partial charge in [0.2, 0.25) is 5.95 Å². The Morgan fingerprint density at radius 1 is 1.19 bits per heavy atom. The zero-order valence-electron chi connectivity index (χ0n) is 9.25. The molecular weight excluding hydrogens is 202 g/mol. The summed E-state index contributed by atoms with van der Waals surface area (Å²) in [5.41, 5.74) is 1.86. The van der Waals surface area contributed by atoms with Crippen LogP contribution in [0, 0.1) is 0 Å². The van der Waals surface area contributed by atoms with Crippen LogP contribution in [0.15, 0.2) is 46.9 Å². The number of hydrogen-bond donors (Lipinski definition) is 1. The number of aromatic nitrogens is 2. The smallest absolute Gasteiger partial charge is 0.249 e. The van der Waals surface area contributed by atoms with E-state index in [1.165, 1.54) is 0 Å². The van der Waals surface area contributed by atoms with E-state index in [0.717, 1.165) is 11.4 Å². The summed E-state index contributed by atoms with van der Waals surface area (Å²) in [5, 5.41) is 11.2. The van der Waals surface area contributed by atoms with Crippen LogP contribution in [0.3, 0.4) is 0 Å². The van der Waals surface area contributed by atoms with Crippen molar-refractivity contribution in [3.8, 4) is 0 Å². The van der Waals surface area contributed by atoms with Crippen molar-refractivity contribution in [2.24, 2.45) is 17.3 Å². The molecule has 0 radical (unpaired) electrons. The summed E-state index contributed by atoms with van der Waals surface area (Å²) in [6, 6.07) is 7.70. The van der Waals surface area contributed by atoms with Gasteiger partial charge < -0.3 is 9.88 Å². The lowest BCUT2D eigenvalue weighted by Crippen LogP contribution is -1.85. The molecule has 0 aliphatic heterocycles. The minimum Gasteiger partial charge on any atom is -0.388 e. The van der Waals surface area contributed by atoms with Crippen LogP contribution in [0.5, 0.6) is 0 Å². The van der Waals surface area contributed by atoms with E-state index in [2.05, 4.69) is 20.5 Å². The average molecular weight is 215 g/mol. The lowest BCUT2D eigenvalue weighted by Gasteiger charge is -1.98. The Balaban J connectivity index is 2.14. The molecule has 0 bridgehead atoms. The Bertz CT molecular complexity index is 483. The molecule has 0 fully saturated rings. The van der Waals surface area contributed by atoms with Gasteiger partial charge in [0.15, 0.2) is 0 Å². The molecule has 1 aromatic heterocycles. The highest BCUT2D eigenvalue weighted by Gasteiger charge is 1.95. The van der Waals surface area contributed by atoms with Crippen molar-refractivity contribution >= 4 is 17.3 Å². The molecule has 82 valence electrons. The van der Waals surface area contributed by atoms with Crippen LogP contribution in [0.4, 0.5) is 17.3 Å². The number of aryl methyl sites for hydroxylation is 1. The number of benzene rings is 1. The Morgan fingerprint density at radius 2 is 1.94 bits per heavy atom. The molecule has 1 N–H and O–H groups in total. The molecule has 0 saturated carbocycles. The van der Waals surface area contributed by atoms with E-state index in [-0.39, 0.29) is 0 Å². The van der Waals surface area contributed by atoms with Gasteiger partial charge in [-0.1, -0.05) is 0 Å². The van der Waals surface area contributed by atoms with Gasteiger partial charge in [0.25, 0.3) is 0 Å². The molecule has 0 amide bonds. The van der Waals surface area contributed by atoms with Crippen LogP contribution in [0.25, 0.3) is 0 Å². The molecule has 16 heavy (non-hydrogen) atoms. The summed E-state index contributed by atoms with van der Waals surface area (Å²) < 4.78 is 1.81. The fourth-order valence-electron chi connectivity index (χ4n) is 1.25. The van der Waals surface area contributed by atoms with Gasteiger partial charge in [-0.05, 0) is 24.3 Å². The normalized spacial score (nSPS) is 10.9. The Morgan fingerprint density at radius 3 is 2.50 bits per heavy atom. The van der Waals surface area contributed by atoms with E-state index in [1.54, 1.807) is 6.20 Å². The number of azo groups is 1. The maximum absolute atomic E-state index is 4.10. The molecule has 5 heteroatoms. The minimum absolute atomic E-state index is 0.595. The molecular formula is C11H13N5. The Hall–Kier alpha value is -2.17. The third-order valence-electron chi connectivity index (χ3n) is 2.21. The van der Waals surface area contributed by atoms with Crippen LogP contribution >= 0.6 is 0 Å². The van der Waals surface area contributed by atoms with Gasteiger partial charge in [-0.2, -0.15) is 0 Å². The molecule has 5 nitrogen and oxygen atoms in total. The number of hydrogen-bond acceptors (Lipinski definition) is 4. The van der Waals surface area contributed by atoms with Crippen LogP contribution in [-0.4, -0.2) is 16.6 Å². The number of nitrogens with one attached hydrogen (secondary N) is 1. The Labute approximate surface area is 93.9 Å². The van der Waals surface area contributed by atoms with Crippen LogP contribution in [0.2, 0.25) is 0 Å². The lowest BCUT2D eigenvalue weighted by atomic mass is 10.3. The molecule has 0 saturated heterocycles. The highest BCUT2D eigenvalue weighted by molar-refractivity contribution is 5.50. The van der Waals surface area contributed by atoms with Crippen LogP contribution in [-0.2, 0) is 7.05 Å². The molecule has 2 rings (SSSR count). The van der Waals surface area contributed by atoms with Crippen molar-refractivity contribution in [2.75, 3.05) is 12.4 Å². The van der Waals surface area contributed by atoms with Gasteiger partial charge >= 0.3 is 0 Å². The van der Waals surface area contributed by atoms with Crippen molar-refractivity contribution in [1.29, 1.82) is 0 Å². The van der Waals surface area contributed by atoms with Crippen LogP contribution < -0.4 is 5.32 Å². The number of anilines is 1. The first-order chi connectivity index (χ1) is 7.79. The predicted octanol–water partition coefficient (Wildman–Crippen LogP) is 2.88. The van der Waals surface area contributed by atoms with E-state index in [1.807, 2.05) is 49.1 Å². The second-order valence-electron chi connectivity index (χ2n) is 3.34. The molecule has 0 aliphatic rings. The lowest BCUT2D eigenvalue weighted by molar-refractivity contribution is 0.893. The van der Waals surface area contributed by atoms with Crippen molar-refractivity contribution < 1.29 is 0 Å². The van der Waals surface area contributed by atoms with E-state index in [9.17, 15) is 0 Å². The van der Waals surface area contributed by atoms with Gasteiger partial charge in [-0.3, -0.25) is 0 Å². The largest absolute Gasteiger partial charge is 0.388 e. The minimum atomic E-state index is 0.595. The van der Waals surface area contributed by atoms with Gasteiger partial charge in [-0.25, -0.2) is 4.98 Å². The summed E-state index contributed by atoms with van der Waals surface area (Å²) >= 11 is 0. The highest BCUT2D eigenvalue weighted by Crippen LogP contribution is 2.18. The average Bonchev–Trinajstić information content (AvgIpc) is 2.73. The van der Waals surface area contributed by atoms with E-state index in [0.29, 0.717) is 5.95 Å². The third-order valence-corrected chi connectivity index (χ3v) is 2.21. The van der Waals surface area contributed by atoms with Crippen molar-refractivity contribution in [3.63, 3.8) is 0 Å². The summed E-state index contributed by atoms with van der Waals surface area (Å²) in [6.07, 6.45) is 3.52. The zero-order chi connectivity index (χ0) is 11.4. The fourth-order valence-corrected chi connectivity index (χ4v) is 1.25. The summed E-state index contributed by atoms with van der Waals surface area (Å²) in [7, 11) is 3.76. The van der Waals surface area contributed by atoms with Crippen molar-refractivity contribution in [1.82, 2.24) is 9.55 Å². The van der Waals surface area contributed by atoms with E-state index >= 15 is 0 Å². The number of rotatable bonds is 3. The molecule has 1 aromatic carbocycles. The summed E-state index contributed by atoms with van der Waals surface area (Å²) in [4.78, 5) is 4.05. The monoisotopic (exact) mass is 215 g/mol. The van der Waals surface area contributed by atoms with Gasteiger partial charge in [0.05, 0.1) is 5.69 Å². The number of imidazole rings is 1. The first kappa shape index (κ1) is 10.4. The first-order valence-electron chi connectivity index (χ1n) is 4.96. The highest BCUT2D eigenvalue weighted by atomic mass is 15.2. The van der Waals surface area contributed by atoms with Crippen molar-refractivity contribution in [2.45, 2.75) is 0 Å². The number of nitrogens with zero attached hydrogens (tertiary/aromatic N) is 4. The predicted molar refractivity (Wildman–Crippen MR) is 63.4 cm³/mol. The fraction of sp³-hybridized carbons (Fsp3) is 0.182. The molecule has 2 aromatic rings. The van der Waals surface area contributed by atoms with E-state index in [4.69, 9.17) is 0 Å². The zero-order valence-corrected chi connectivity index (χ0v) is 9.25. The standard InChI is InChI=1S/C11H13N5/c1-12-9-3-5-10(6-4-9)14-15-11-13-7-8-16(11)2/h3-8,12H,1-2H3. The van der Waals surface area contributed by atoms with Gasteiger partial charge in [-0.15, -0.1) is 10.2 Å². The van der Waals surface area contributed by atoms with Gasteiger partial charge in [0, 0.05) is 32.2 Å². The Kier molecular flexibility index (Phi) is 2.95. The third kappa shape index (κ3) is 2.25. The topological polar surface area (TPSA) is 54.6 Å². The van der Waals surface area contributed by atoms with Gasteiger partial charge in [0.1, 0.15) is 0 Å². The second kappa shape index (κ2) is 4.57.